The molecule has 26 heavy (non-hydrogen) atoms. The molecule has 1 aliphatic heterocycles. The molecule has 1 fully saturated rings. The zero-order chi connectivity index (χ0) is 18.2. The monoisotopic (exact) mass is 478 g/mol. The lowest BCUT2D eigenvalue weighted by Gasteiger charge is -2.32. The molecule has 0 unspecified atom stereocenters. The lowest BCUT2D eigenvalue weighted by molar-refractivity contribution is -0.119. The zero-order valence-electron chi connectivity index (χ0n) is 15.8. The first-order valence-corrected chi connectivity index (χ1v) is 8.99. The van der Waals surface area contributed by atoms with Gasteiger partial charge in [-0.1, -0.05) is 19.0 Å². The van der Waals surface area contributed by atoms with Crippen LogP contribution in [0, 0.1) is 0 Å². The molecule has 0 aliphatic carbocycles. The number of carbonyl (C=O) groups is 1. The van der Waals surface area contributed by atoms with E-state index >= 15 is 0 Å². The van der Waals surface area contributed by atoms with E-state index in [0.29, 0.717) is 25.0 Å². The Morgan fingerprint density at radius 1 is 1.46 bits per heavy atom. The lowest BCUT2D eigenvalue weighted by atomic mass is 10.1. The van der Waals surface area contributed by atoms with Crippen molar-refractivity contribution in [2.24, 2.45) is 10.7 Å². The van der Waals surface area contributed by atoms with Gasteiger partial charge in [-0.2, -0.15) is 0 Å². The molecule has 8 nitrogen and oxygen atoms in total. The van der Waals surface area contributed by atoms with E-state index in [2.05, 4.69) is 39.5 Å². The number of nitrogens with one attached hydrogen (secondary N) is 2. The second-order valence-electron chi connectivity index (χ2n) is 6.73. The van der Waals surface area contributed by atoms with Gasteiger partial charge in [0, 0.05) is 31.7 Å². The van der Waals surface area contributed by atoms with Crippen LogP contribution in [-0.2, 0) is 11.3 Å². The van der Waals surface area contributed by atoms with Gasteiger partial charge in [0.05, 0.1) is 12.2 Å². The maximum atomic E-state index is 11.0. The van der Waals surface area contributed by atoms with Crippen LogP contribution in [0.3, 0.4) is 0 Å². The minimum atomic E-state index is -0.269. The molecule has 0 bridgehead atoms. The van der Waals surface area contributed by atoms with Gasteiger partial charge in [-0.05, 0) is 25.7 Å². The van der Waals surface area contributed by atoms with Crippen molar-refractivity contribution in [3.8, 4) is 0 Å². The van der Waals surface area contributed by atoms with Crippen molar-refractivity contribution in [2.45, 2.75) is 52.1 Å². The first-order valence-electron chi connectivity index (χ1n) is 8.99. The highest BCUT2D eigenvalue weighted by Gasteiger charge is 2.20. The predicted octanol–water partition coefficient (Wildman–Crippen LogP) is 1.42. The number of hydrogen-bond acceptors (Lipinski definition) is 5. The number of carbonyl (C=O) groups excluding carboxylic acids is 1. The summed E-state index contributed by atoms with van der Waals surface area (Å²) in [4.78, 5) is 17.7. The number of halogens is 1. The number of hydrogen-bond donors (Lipinski definition) is 3. The zero-order valence-corrected chi connectivity index (χ0v) is 18.2. The molecule has 1 saturated heterocycles. The number of nitrogens with two attached hydrogens (primary N) is 1. The molecule has 1 aromatic rings. The van der Waals surface area contributed by atoms with Crippen molar-refractivity contribution in [3.05, 3.63) is 17.5 Å². The summed E-state index contributed by atoms with van der Waals surface area (Å²) in [5.74, 6) is 1.61. The number of aliphatic imine (C=N–C) groups is 1. The van der Waals surface area contributed by atoms with Crippen molar-refractivity contribution in [1.29, 1.82) is 0 Å². The Kier molecular flexibility index (Phi) is 9.92. The average Bonchev–Trinajstić information content (AvgIpc) is 3.03. The van der Waals surface area contributed by atoms with Gasteiger partial charge in [0.2, 0.25) is 5.91 Å². The summed E-state index contributed by atoms with van der Waals surface area (Å²) in [6.45, 7) is 9.51. The normalized spacial score (nSPS) is 16.4. The van der Waals surface area contributed by atoms with E-state index in [0.717, 1.165) is 49.9 Å². The summed E-state index contributed by atoms with van der Waals surface area (Å²) in [5.41, 5.74) is 6.20. The standard InChI is InChI=1S/C17H30N6O2.HI/c1-4-19-17(20-10-14-9-15(12(2)3)22-25-14)21-13-5-7-23(8-6-13)11-16(18)24;/h9,12-13H,4-8,10-11H2,1-3H3,(H2,18,24)(H2,19,20,21);1H. The Bertz CT molecular complexity index is 582. The molecule has 0 aromatic carbocycles. The summed E-state index contributed by atoms with van der Waals surface area (Å²) >= 11 is 0. The SMILES string of the molecule is CCNC(=NCc1cc(C(C)C)no1)NC1CCN(CC(N)=O)CC1.I. The fourth-order valence-corrected chi connectivity index (χ4v) is 2.80. The molecule has 148 valence electrons. The Morgan fingerprint density at radius 2 is 2.15 bits per heavy atom. The third-order valence-electron chi connectivity index (χ3n) is 4.21. The number of piperidine rings is 1. The smallest absolute Gasteiger partial charge is 0.231 e. The summed E-state index contributed by atoms with van der Waals surface area (Å²) in [7, 11) is 0. The van der Waals surface area contributed by atoms with Crippen LogP contribution >= 0.6 is 24.0 Å². The number of nitrogens with zero attached hydrogens (tertiary/aromatic N) is 3. The van der Waals surface area contributed by atoms with Crippen molar-refractivity contribution in [2.75, 3.05) is 26.2 Å². The van der Waals surface area contributed by atoms with Crippen LogP contribution in [0.5, 0.6) is 0 Å². The number of aromatic nitrogens is 1. The quantitative estimate of drug-likeness (QED) is 0.311. The maximum Gasteiger partial charge on any atom is 0.231 e. The Morgan fingerprint density at radius 3 is 2.69 bits per heavy atom. The molecule has 0 atom stereocenters. The minimum absolute atomic E-state index is 0. The van der Waals surface area contributed by atoms with Gasteiger partial charge in [-0.3, -0.25) is 9.69 Å². The van der Waals surface area contributed by atoms with E-state index < -0.39 is 0 Å². The van der Waals surface area contributed by atoms with Crippen LogP contribution in [-0.4, -0.2) is 54.1 Å². The molecule has 0 saturated carbocycles. The summed E-state index contributed by atoms with van der Waals surface area (Å²) in [5, 5.41) is 10.8. The van der Waals surface area contributed by atoms with Crippen LogP contribution in [0.4, 0.5) is 0 Å². The second kappa shape index (κ2) is 11.4. The van der Waals surface area contributed by atoms with Crippen LogP contribution in [0.2, 0.25) is 0 Å². The molecule has 9 heteroatoms. The fourth-order valence-electron chi connectivity index (χ4n) is 2.80. The van der Waals surface area contributed by atoms with Crippen molar-refractivity contribution in [1.82, 2.24) is 20.7 Å². The van der Waals surface area contributed by atoms with E-state index in [1.807, 2.05) is 13.0 Å². The van der Waals surface area contributed by atoms with E-state index in [9.17, 15) is 4.79 Å². The highest BCUT2D eigenvalue weighted by molar-refractivity contribution is 14.0. The highest BCUT2D eigenvalue weighted by atomic mass is 127. The fraction of sp³-hybridized carbons (Fsp3) is 0.706. The first-order chi connectivity index (χ1) is 12.0. The maximum absolute atomic E-state index is 11.0. The summed E-state index contributed by atoms with van der Waals surface area (Å²) in [6.07, 6.45) is 1.91. The van der Waals surface area contributed by atoms with E-state index in [1.54, 1.807) is 0 Å². The van der Waals surface area contributed by atoms with Crippen molar-refractivity contribution < 1.29 is 9.32 Å². The van der Waals surface area contributed by atoms with Gasteiger partial charge in [0.1, 0.15) is 6.54 Å². The second-order valence-corrected chi connectivity index (χ2v) is 6.73. The number of primary amides is 1. The van der Waals surface area contributed by atoms with Crippen LogP contribution in [0.1, 0.15) is 51.0 Å². The first kappa shape index (κ1) is 22.7. The topological polar surface area (TPSA) is 109 Å². The van der Waals surface area contributed by atoms with Gasteiger partial charge in [0.25, 0.3) is 0 Å². The molecule has 0 radical (unpaired) electrons. The molecule has 2 heterocycles. The summed E-state index contributed by atoms with van der Waals surface area (Å²) in [6, 6.07) is 2.29. The van der Waals surface area contributed by atoms with Crippen LogP contribution in [0.25, 0.3) is 0 Å². The highest BCUT2D eigenvalue weighted by Crippen LogP contribution is 2.14. The number of likely N-dealkylation sites (tertiary alicyclic amines) is 1. The Labute approximate surface area is 172 Å². The van der Waals surface area contributed by atoms with Gasteiger partial charge < -0.3 is 20.9 Å². The molecular formula is C17H31IN6O2. The third-order valence-corrected chi connectivity index (χ3v) is 4.21. The van der Waals surface area contributed by atoms with Crippen molar-refractivity contribution in [3.63, 3.8) is 0 Å². The number of amides is 1. The van der Waals surface area contributed by atoms with Gasteiger partial charge in [-0.15, -0.1) is 24.0 Å². The molecule has 1 aliphatic rings. The Balaban J connectivity index is 0.00000338. The number of guanidine groups is 1. The van der Waals surface area contributed by atoms with Crippen molar-refractivity contribution >= 4 is 35.8 Å². The molecule has 0 spiro atoms. The van der Waals surface area contributed by atoms with Gasteiger partial charge in [0.15, 0.2) is 11.7 Å². The van der Waals surface area contributed by atoms with Gasteiger partial charge >= 0.3 is 0 Å². The molecule has 4 N–H and O–H groups in total. The van der Waals surface area contributed by atoms with Crippen LogP contribution in [0.15, 0.2) is 15.6 Å². The lowest BCUT2D eigenvalue weighted by Crippen LogP contribution is -2.49. The largest absolute Gasteiger partial charge is 0.369 e. The molecule has 1 aromatic heterocycles. The predicted molar refractivity (Wildman–Crippen MR) is 113 cm³/mol. The van der Waals surface area contributed by atoms with E-state index in [1.165, 1.54) is 0 Å². The summed E-state index contributed by atoms with van der Waals surface area (Å²) < 4.78 is 5.33. The van der Waals surface area contributed by atoms with Gasteiger partial charge in [-0.25, -0.2) is 4.99 Å². The van der Waals surface area contributed by atoms with Crippen LogP contribution < -0.4 is 16.4 Å². The Hall–Kier alpha value is -1.36. The average molecular weight is 478 g/mol. The van der Waals surface area contributed by atoms with E-state index in [4.69, 9.17) is 10.3 Å². The minimum Gasteiger partial charge on any atom is -0.369 e. The molecular weight excluding hydrogens is 447 g/mol. The molecule has 1 amide bonds. The number of rotatable bonds is 7. The van der Waals surface area contributed by atoms with E-state index in [-0.39, 0.29) is 29.9 Å². The molecule has 2 rings (SSSR count). The third kappa shape index (κ3) is 7.48.